The SMILES string of the molecule is CNC1C(CN(C)CCCCCO)CCC1(C)C. The molecule has 2 N–H and O–H groups in total. The molecule has 0 heterocycles. The van der Waals surface area contributed by atoms with Crippen molar-refractivity contribution < 1.29 is 5.11 Å². The van der Waals surface area contributed by atoms with Gasteiger partial charge >= 0.3 is 0 Å². The van der Waals surface area contributed by atoms with Crippen molar-refractivity contribution in [2.45, 2.75) is 52.0 Å². The summed E-state index contributed by atoms with van der Waals surface area (Å²) in [6.45, 7) is 7.47. The summed E-state index contributed by atoms with van der Waals surface area (Å²) in [5, 5.41) is 12.3. The van der Waals surface area contributed by atoms with Crippen LogP contribution in [0.25, 0.3) is 0 Å². The molecule has 3 nitrogen and oxygen atoms in total. The zero-order valence-electron chi connectivity index (χ0n) is 12.7. The predicted molar refractivity (Wildman–Crippen MR) is 77.8 cm³/mol. The van der Waals surface area contributed by atoms with Crippen molar-refractivity contribution in [3.63, 3.8) is 0 Å². The van der Waals surface area contributed by atoms with E-state index in [1.807, 2.05) is 0 Å². The second kappa shape index (κ2) is 7.46. The minimum atomic E-state index is 0.336. The number of nitrogens with one attached hydrogen (secondary N) is 1. The molecule has 0 bridgehead atoms. The number of unbranched alkanes of at least 4 members (excludes halogenated alkanes) is 2. The summed E-state index contributed by atoms with van der Waals surface area (Å²) < 4.78 is 0. The molecule has 1 aliphatic carbocycles. The van der Waals surface area contributed by atoms with Crippen molar-refractivity contribution in [1.29, 1.82) is 0 Å². The first kappa shape index (κ1) is 15.9. The molecule has 1 saturated carbocycles. The molecule has 0 spiro atoms. The Hall–Kier alpha value is -0.120. The number of aliphatic hydroxyl groups excluding tert-OH is 1. The van der Waals surface area contributed by atoms with Crippen molar-refractivity contribution in [1.82, 2.24) is 10.2 Å². The average molecular weight is 256 g/mol. The fourth-order valence-corrected chi connectivity index (χ4v) is 3.50. The van der Waals surface area contributed by atoms with Gasteiger partial charge < -0.3 is 15.3 Å². The van der Waals surface area contributed by atoms with E-state index < -0.39 is 0 Å². The van der Waals surface area contributed by atoms with E-state index in [0.717, 1.165) is 25.3 Å². The molecular weight excluding hydrogens is 224 g/mol. The molecule has 108 valence electrons. The van der Waals surface area contributed by atoms with E-state index in [1.165, 1.54) is 25.8 Å². The summed E-state index contributed by atoms with van der Waals surface area (Å²) in [5.41, 5.74) is 0.442. The molecule has 0 aromatic rings. The second-order valence-corrected chi connectivity index (χ2v) is 6.60. The molecule has 3 heteroatoms. The van der Waals surface area contributed by atoms with Crippen LogP contribution in [0, 0.1) is 11.3 Å². The highest BCUT2D eigenvalue weighted by Crippen LogP contribution is 2.41. The molecule has 1 aliphatic rings. The first-order valence-electron chi connectivity index (χ1n) is 7.48. The first-order valence-corrected chi connectivity index (χ1v) is 7.48. The van der Waals surface area contributed by atoms with Gasteiger partial charge in [-0.3, -0.25) is 0 Å². The summed E-state index contributed by atoms with van der Waals surface area (Å²) in [6.07, 6.45) is 5.98. The highest BCUT2D eigenvalue weighted by atomic mass is 16.2. The summed E-state index contributed by atoms with van der Waals surface area (Å²) in [5.74, 6) is 0.785. The van der Waals surface area contributed by atoms with Gasteiger partial charge in [0, 0.05) is 19.2 Å². The smallest absolute Gasteiger partial charge is 0.0431 e. The van der Waals surface area contributed by atoms with Crippen molar-refractivity contribution in [3.05, 3.63) is 0 Å². The topological polar surface area (TPSA) is 35.5 Å². The Bertz CT molecular complexity index is 231. The van der Waals surface area contributed by atoms with Crippen molar-refractivity contribution >= 4 is 0 Å². The van der Waals surface area contributed by atoms with Gasteiger partial charge in [-0.15, -0.1) is 0 Å². The van der Waals surface area contributed by atoms with E-state index in [1.54, 1.807) is 0 Å². The average Bonchev–Trinajstić information content (AvgIpc) is 2.59. The Labute approximate surface area is 113 Å². The molecule has 0 aromatic heterocycles. The number of rotatable bonds is 8. The molecule has 0 aromatic carbocycles. The van der Waals surface area contributed by atoms with Gasteiger partial charge in [0.1, 0.15) is 0 Å². The lowest BCUT2D eigenvalue weighted by Gasteiger charge is -2.32. The summed E-state index contributed by atoms with van der Waals surface area (Å²) in [7, 11) is 4.34. The van der Waals surface area contributed by atoms with Crippen LogP contribution >= 0.6 is 0 Å². The van der Waals surface area contributed by atoms with Gasteiger partial charge in [0.15, 0.2) is 0 Å². The van der Waals surface area contributed by atoms with E-state index in [9.17, 15) is 0 Å². The third-order valence-electron chi connectivity index (χ3n) is 4.53. The summed E-state index contributed by atoms with van der Waals surface area (Å²) in [6, 6.07) is 0.650. The van der Waals surface area contributed by atoms with Crippen LogP contribution in [-0.4, -0.2) is 49.8 Å². The maximum Gasteiger partial charge on any atom is 0.0431 e. The summed E-state index contributed by atoms with van der Waals surface area (Å²) in [4.78, 5) is 2.47. The Morgan fingerprint density at radius 2 is 2.00 bits per heavy atom. The van der Waals surface area contributed by atoms with Crippen molar-refractivity contribution in [2.75, 3.05) is 33.8 Å². The van der Waals surface area contributed by atoms with Gasteiger partial charge in [-0.25, -0.2) is 0 Å². The monoisotopic (exact) mass is 256 g/mol. The van der Waals surface area contributed by atoms with E-state index in [0.29, 0.717) is 18.1 Å². The van der Waals surface area contributed by atoms with Crippen LogP contribution in [0.15, 0.2) is 0 Å². The first-order chi connectivity index (χ1) is 8.51. The fraction of sp³-hybridized carbons (Fsp3) is 1.00. The Morgan fingerprint density at radius 3 is 2.61 bits per heavy atom. The second-order valence-electron chi connectivity index (χ2n) is 6.60. The molecule has 0 saturated heterocycles. The number of nitrogens with zero attached hydrogens (tertiary/aromatic N) is 1. The molecule has 18 heavy (non-hydrogen) atoms. The highest BCUT2D eigenvalue weighted by molar-refractivity contribution is 4.96. The molecular formula is C15H32N2O. The van der Waals surface area contributed by atoms with Crippen LogP contribution in [0.1, 0.15) is 46.0 Å². The van der Waals surface area contributed by atoms with Gasteiger partial charge in [-0.2, -0.15) is 0 Å². The highest BCUT2D eigenvalue weighted by Gasteiger charge is 2.40. The van der Waals surface area contributed by atoms with Crippen LogP contribution in [0.3, 0.4) is 0 Å². The standard InChI is InChI=1S/C15H32N2O/c1-15(2)9-8-13(14(15)16-3)12-17(4)10-6-5-7-11-18/h13-14,16,18H,5-12H2,1-4H3. The third-order valence-corrected chi connectivity index (χ3v) is 4.53. The minimum Gasteiger partial charge on any atom is -0.396 e. The Morgan fingerprint density at radius 1 is 1.28 bits per heavy atom. The van der Waals surface area contributed by atoms with E-state index in [4.69, 9.17) is 5.11 Å². The lowest BCUT2D eigenvalue weighted by molar-refractivity contribution is 0.207. The maximum absolute atomic E-state index is 8.76. The molecule has 0 amide bonds. The van der Waals surface area contributed by atoms with E-state index in [2.05, 4.69) is 38.2 Å². The number of hydrogen-bond donors (Lipinski definition) is 2. The van der Waals surface area contributed by atoms with Gasteiger partial charge in [0.05, 0.1) is 0 Å². The molecule has 1 fully saturated rings. The van der Waals surface area contributed by atoms with E-state index >= 15 is 0 Å². The summed E-state index contributed by atoms with van der Waals surface area (Å²) >= 11 is 0. The van der Waals surface area contributed by atoms with E-state index in [-0.39, 0.29) is 0 Å². The van der Waals surface area contributed by atoms with Gasteiger partial charge in [0.2, 0.25) is 0 Å². The normalized spacial score (nSPS) is 27.0. The van der Waals surface area contributed by atoms with Gasteiger partial charge in [0.25, 0.3) is 0 Å². The van der Waals surface area contributed by atoms with Crippen molar-refractivity contribution in [3.8, 4) is 0 Å². The minimum absolute atomic E-state index is 0.336. The molecule has 0 radical (unpaired) electrons. The van der Waals surface area contributed by atoms with Crippen LogP contribution in [-0.2, 0) is 0 Å². The molecule has 0 aliphatic heterocycles. The van der Waals surface area contributed by atoms with Crippen LogP contribution in [0.5, 0.6) is 0 Å². The predicted octanol–water partition coefficient (Wildman–Crippen LogP) is 2.10. The number of hydrogen-bond acceptors (Lipinski definition) is 3. The van der Waals surface area contributed by atoms with Crippen LogP contribution in [0.2, 0.25) is 0 Å². The largest absolute Gasteiger partial charge is 0.396 e. The zero-order chi connectivity index (χ0) is 13.6. The zero-order valence-corrected chi connectivity index (χ0v) is 12.7. The quantitative estimate of drug-likeness (QED) is 0.653. The van der Waals surface area contributed by atoms with Crippen LogP contribution in [0.4, 0.5) is 0 Å². The fourth-order valence-electron chi connectivity index (χ4n) is 3.50. The lowest BCUT2D eigenvalue weighted by atomic mass is 9.85. The maximum atomic E-state index is 8.76. The number of aliphatic hydroxyl groups is 1. The Balaban J connectivity index is 2.29. The van der Waals surface area contributed by atoms with Crippen LogP contribution < -0.4 is 5.32 Å². The van der Waals surface area contributed by atoms with Gasteiger partial charge in [-0.1, -0.05) is 13.8 Å². The molecule has 2 unspecified atom stereocenters. The van der Waals surface area contributed by atoms with Gasteiger partial charge in [-0.05, 0) is 64.1 Å². The third kappa shape index (κ3) is 4.52. The Kier molecular flexibility index (Phi) is 6.61. The lowest BCUT2D eigenvalue weighted by Crippen LogP contribution is -2.43. The molecule has 2 atom stereocenters. The molecule has 1 rings (SSSR count). The van der Waals surface area contributed by atoms with Crippen molar-refractivity contribution in [2.24, 2.45) is 11.3 Å².